The Morgan fingerprint density at radius 2 is 2.00 bits per heavy atom. The Balaban J connectivity index is 1.10. The molecule has 176 valence electrons. The van der Waals surface area contributed by atoms with E-state index in [0.717, 1.165) is 40.5 Å². The van der Waals surface area contributed by atoms with Crippen molar-refractivity contribution in [1.29, 1.82) is 0 Å². The minimum absolute atomic E-state index is 0.0334. The Kier molecular flexibility index (Phi) is 4.44. The van der Waals surface area contributed by atoms with Gasteiger partial charge < -0.3 is 15.1 Å². The van der Waals surface area contributed by atoms with Crippen molar-refractivity contribution in [2.45, 2.75) is 31.0 Å². The number of rotatable bonds is 3. The molecule has 2 aromatic rings. The average molecular weight is 487 g/mol. The molecule has 2 aromatic carbocycles. The molecule has 9 heteroatoms. The van der Waals surface area contributed by atoms with Gasteiger partial charge in [-0.25, -0.2) is 9.69 Å². The van der Waals surface area contributed by atoms with Crippen LogP contribution in [0.15, 0.2) is 77.8 Å². The number of hydrogen-bond donors (Lipinski definition) is 1. The zero-order valence-corrected chi connectivity index (χ0v) is 19.5. The van der Waals surface area contributed by atoms with E-state index in [0.29, 0.717) is 23.9 Å². The molecule has 5 aliphatic rings. The summed E-state index contributed by atoms with van der Waals surface area (Å²) in [6, 6.07) is 12.6. The maximum Gasteiger partial charge on any atom is 0.332 e. The number of hydrogen-bond acceptors (Lipinski definition) is 5. The van der Waals surface area contributed by atoms with Crippen LogP contribution >= 0.6 is 12.2 Å². The molecule has 3 atom stereocenters. The molecule has 3 saturated heterocycles. The van der Waals surface area contributed by atoms with Gasteiger partial charge in [0, 0.05) is 24.0 Å². The summed E-state index contributed by atoms with van der Waals surface area (Å²) in [4.78, 5) is 42.4. The summed E-state index contributed by atoms with van der Waals surface area (Å²) >= 11 is 5.72. The number of nitrogens with zero attached hydrogens (tertiary/aromatic N) is 3. The number of benzene rings is 2. The van der Waals surface area contributed by atoms with Gasteiger partial charge in [-0.3, -0.25) is 14.6 Å². The van der Waals surface area contributed by atoms with Crippen molar-refractivity contribution in [3.8, 4) is 0 Å². The van der Waals surface area contributed by atoms with E-state index in [1.807, 2.05) is 48.5 Å². The molecule has 4 heterocycles. The zero-order valence-electron chi connectivity index (χ0n) is 18.7. The van der Waals surface area contributed by atoms with Crippen LogP contribution in [0, 0.1) is 0 Å². The fraction of sp³-hybridized carbons (Fsp3) is 0.269. The number of anilines is 1. The fourth-order valence-electron chi connectivity index (χ4n) is 5.90. The van der Waals surface area contributed by atoms with Gasteiger partial charge in [-0.1, -0.05) is 42.5 Å². The summed E-state index contributed by atoms with van der Waals surface area (Å²) in [7, 11) is 0. The van der Waals surface area contributed by atoms with Gasteiger partial charge in [0.15, 0.2) is 10.9 Å². The second kappa shape index (κ2) is 7.58. The maximum atomic E-state index is 13.6. The summed E-state index contributed by atoms with van der Waals surface area (Å²) in [5, 5.41) is 5.82. The molecule has 0 saturated carbocycles. The standard InChI is InChI=1S/C26H22N4O4S/c31-24-23-21-11-18(13-28(21)25(35)27-12-15-8-9-17-14-33-34-22(17)10-15)29(23)26(32)30(24)20-7-3-5-16-4-1-2-6-19(16)20/h1-8,10,14,18,21,23H,9,11-13H2,(H,27,35)/t18-,21-,23-/m0/s1. The van der Waals surface area contributed by atoms with E-state index in [-0.39, 0.29) is 24.0 Å². The lowest BCUT2D eigenvalue weighted by molar-refractivity contribution is -0.192. The smallest absolute Gasteiger partial charge is 0.332 e. The molecule has 1 N–H and O–H groups in total. The number of amides is 3. The molecule has 7 rings (SSSR count). The number of imide groups is 1. The first-order valence-corrected chi connectivity index (χ1v) is 12.1. The third-order valence-electron chi connectivity index (χ3n) is 7.52. The molecule has 35 heavy (non-hydrogen) atoms. The van der Waals surface area contributed by atoms with Crippen molar-refractivity contribution < 1.29 is 19.4 Å². The Morgan fingerprint density at radius 3 is 2.91 bits per heavy atom. The zero-order chi connectivity index (χ0) is 23.7. The number of allylic oxidation sites excluding steroid dienone is 2. The molecule has 0 radical (unpaired) electrons. The molecule has 3 amide bonds. The fourth-order valence-corrected chi connectivity index (χ4v) is 6.18. The van der Waals surface area contributed by atoms with Crippen LogP contribution in [0.4, 0.5) is 10.5 Å². The van der Waals surface area contributed by atoms with Crippen LogP contribution in [0.5, 0.6) is 0 Å². The minimum atomic E-state index is -0.521. The van der Waals surface area contributed by atoms with Gasteiger partial charge >= 0.3 is 6.03 Å². The van der Waals surface area contributed by atoms with E-state index in [1.165, 1.54) is 4.90 Å². The summed E-state index contributed by atoms with van der Waals surface area (Å²) < 4.78 is 0. The van der Waals surface area contributed by atoms with Crippen LogP contribution in [0.1, 0.15) is 12.8 Å². The highest BCUT2D eigenvalue weighted by Crippen LogP contribution is 2.43. The van der Waals surface area contributed by atoms with Crippen LogP contribution in [-0.4, -0.2) is 58.1 Å². The van der Waals surface area contributed by atoms with Crippen molar-refractivity contribution in [3.63, 3.8) is 0 Å². The predicted molar refractivity (Wildman–Crippen MR) is 133 cm³/mol. The van der Waals surface area contributed by atoms with Gasteiger partial charge in [0.25, 0.3) is 5.91 Å². The van der Waals surface area contributed by atoms with E-state index in [1.54, 1.807) is 11.2 Å². The summed E-state index contributed by atoms with van der Waals surface area (Å²) in [5.41, 5.74) is 2.72. The molecule has 2 bridgehead atoms. The Hall–Kier alpha value is -3.85. The van der Waals surface area contributed by atoms with Gasteiger partial charge in [0.1, 0.15) is 12.3 Å². The number of nitrogens with one attached hydrogen (secondary N) is 1. The number of urea groups is 1. The molecule has 3 fully saturated rings. The van der Waals surface area contributed by atoms with Gasteiger partial charge in [0.05, 0.1) is 17.8 Å². The normalized spacial score (nSPS) is 26.2. The van der Waals surface area contributed by atoms with E-state index < -0.39 is 6.04 Å². The van der Waals surface area contributed by atoms with Crippen molar-refractivity contribution in [1.82, 2.24) is 15.1 Å². The van der Waals surface area contributed by atoms with Crippen molar-refractivity contribution in [3.05, 3.63) is 77.8 Å². The first-order chi connectivity index (χ1) is 17.1. The third kappa shape index (κ3) is 3.01. The molecular weight excluding hydrogens is 464 g/mol. The van der Waals surface area contributed by atoms with Crippen LogP contribution in [0.25, 0.3) is 10.8 Å². The van der Waals surface area contributed by atoms with Crippen LogP contribution in [0.3, 0.4) is 0 Å². The summed E-state index contributed by atoms with van der Waals surface area (Å²) in [5.74, 6) is 0.554. The predicted octanol–water partition coefficient (Wildman–Crippen LogP) is 3.37. The second-order valence-corrected chi connectivity index (χ2v) is 9.78. The quantitative estimate of drug-likeness (QED) is 0.405. The van der Waals surface area contributed by atoms with Crippen LogP contribution in [-0.2, 0) is 14.6 Å². The lowest BCUT2D eigenvalue weighted by atomic mass is 10.0. The lowest BCUT2D eigenvalue weighted by Gasteiger charge is -2.36. The van der Waals surface area contributed by atoms with Gasteiger partial charge in [-0.2, -0.15) is 0 Å². The van der Waals surface area contributed by atoms with Crippen LogP contribution in [0.2, 0.25) is 0 Å². The average Bonchev–Trinajstić information content (AvgIpc) is 3.65. The van der Waals surface area contributed by atoms with Crippen molar-refractivity contribution in [2.75, 3.05) is 18.0 Å². The van der Waals surface area contributed by atoms with Gasteiger partial charge in [-0.05, 0) is 48.2 Å². The number of carbonyl (C=O) groups excluding carboxylic acids is 2. The number of thiocarbonyl (C=S) groups is 1. The SMILES string of the molecule is O=C1[C@@H]2[C@@H]3C[C@@H](CN3C(=S)NCC3=CCC4=COOC4=C3)N2C(=O)N1c1cccc2ccccc12. The largest absolute Gasteiger partial charge is 0.358 e. The molecule has 0 aromatic heterocycles. The van der Waals surface area contributed by atoms with E-state index in [2.05, 4.69) is 16.3 Å². The molecule has 1 aliphatic carbocycles. The van der Waals surface area contributed by atoms with Crippen molar-refractivity contribution in [2.24, 2.45) is 0 Å². The highest BCUT2D eigenvalue weighted by atomic mass is 32.1. The Labute approximate surface area is 207 Å². The first-order valence-electron chi connectivity index (χ1n) is 11.7. The lowest BCUT2D eigenvalue weighted by Crippen LogP contribution is -2.57. The van der Waals surface area contributed by atoms with E-state index in [4.69, 9.17) is 22.0 Å². The highest BCUT2D eigenvalue weighted by molar-refractivity contribution is 7.80. The van der Waals surface area contributed by atoms with Crippen molar-refractivity contribution >= 4 is 45.7 Å². The number of likely N-dealkylation sites (tertiary alicyclic amines) is 1. The first kappa shape index (κ1) is 20.5. The Morgan fingerprint density at radius 1 is 1.14 bits per heavy atom. The van der Waals surface area contributed by atoms with Gasteiger partial charge in [-0.15, -0.1) is 0 Å². The van der Waals surface area contributed by atoms with Gasteiger partial charge in [0.2, 0.25) is 0 Å². The van der Waals surface area contributed by atoms with Crippen LogP contribution < -0.4 is 10.2 Å². The monoisotopic (exact) mass is 486 g/mol. The number of fused-ring (bicyclic) bond motifs is 7. The molecule has 8 nitrogen and oxygen atoms in total. The topological polar surface area (TPSA) is 74.4 Å². The maximum absolute atomic E-state index is 13.6. The number of carbonyl (C=O) groups is 2. The number of piperazine rings is 1. The highest BCUT2D eigenvalue weighted by Gasteiger charge is 2.62. The Bertz CT molecular complexity index is 1390. The minimum Gasteiger partial charge on any atom is -0.358 e. The molecule has 4 aliphatic heterocycles. The van der Waals surface area contributed by atoms with E-state index >= 15 is 0 Å². The third-order valence-corrected chi connectivity index (χ3v) is 7.90. The molecular formula is C26H22N4O4S. The summed E-state index contributed by atoms with van der Waals surface area (Å²) in [6.07, 6.45) is 7.17. The second-order valence-electron chi connectivity index (χ2n) is 9.39. The molecule has 0 unspecified atom stereocenters. The van der Waals surface area contributed by atoms with E-state index in [9.17, 15) is 9.59 Å². The molecule has 0 spiro atoms. The summed E-state index contributed by atoms with van der Waals surface area (Å²) in [6.45, 7) is 1.18.